The van der Waals surface area contributed by atoms with Crippen molar-refractivity contribution in [3.8, 4) is 0 Å². The van der Waals surface area contributed by atoms with Gasteiger partial charge in [-0.25, -0.2) is 0 Å². The maximum absolute atomic E-state index is 8.60. The van der Waals surface area contributed by atoms with Crippen LogP contribution in [0.25, 0.3) is 0 Å². The molecule has 2 rings (SSSR count). The number of hydrogen-bond donors (Lipinski definition) is 1. The van der Waals surface area contributed by atoms with E-state index in [2.05, 4.69) is 4.90 Å². The highest BCUT2D eigenvalue weighted by Crippen LogP contribution is 2.45. The van der Waals surface area contributed by atoms with Crippen LogP contribution in [0, 0.1) is 5.41 Å². The minimum Gasteiger partial charge on any atom is -0.394 e. The van der Waals surface area contributed by atoms with Crippen LogP contribution in [0.2, 0.25) is 0 Å². The van der Waals surface area contributed by atoms with E-state index >= 15 is 0 Å². The van der Waals surface area contributed by atoms with E-state index in [-0.39, 0.29) is 6.61 Å². The molecular weight excluding hydrogens is 202 g/mol. The Kier molecular flexibility index (Phi) is 4.62. The Hall–Kier alpha value is -0.120. The van der Waals surface area contributed by atoms with E-state index in [9.17, 15) is 0 Å². The Bertz CT molecular complexity index is 192. The summed E-state index contributed by atoms with van der Waals surface area (Å²) in [5.74, 6) is 0. The molecule has 0 amide bonds. The highest BCUT2D eigenvalue weighted by atomic mass is 16.5. The summed E-state index contributed by atoms with van der Waals surface area (Å²) in [5.41, 5.74) is 0.725. The van der Waals surface area contributed by atoms with Crippen molar-refractivity contribution in [2.24, 2.45) is 5.41 Å². The quantitative estimate of drug-likeness (QED) is 0.725. The van der Waals surface area contributed by atoms with Gasteiger partial charge in [0.15, 0.2) is 0 Å². The summed E-state index contributed by atoms with van der Waals surface area (Å²) in [7, 11) is 0. The molecule has 3 nitrogen and oxygen atoms in total. The average Bonchev–Trinajstić information content (AvgIpc) is 2.76. The second-order valence-electron chi connectivity index (χ2n) is 5.38. The summed E-state index contributed by atoms with van der Waals surface area (Å²) in [6, 6.07) is 0. The van der Waals surface area contributed by atoms with Crippen LogP contribution in [-0.4, -0.2) is 49.5 Å². The van der Waals surface area contributed by atoms with Crippen LogP contribution < -0.4 is 0 Å². The topological polar surface area (TPSA) is 32.7 Å². The summed E-state index contributed by atoms with van der Waals surface area (Å²) < 4.78 is 5.31. The zero-order valence-electron chi connectivity index (χ0n) is 10.3. The molecule has 1 saturated carbocycles. The molecule has 0 radical (unpaired) electrons. The number of nitrogens with zero attached hydrogens (tertiary/aromatic N) is 1. The van der Waals surface area contributed by atoms with Gasteiger partial charge < -0.3 is 14.7 Å². The van der Waals surface area contributed by atoms with Gasteiger partial charge in [-0.05, 0) is 44.2 Å². The van der Waals surface area contributed by atoms with Crippen LogP contribution in [0.3, 0.4) is 0 Å². The maximum Gasteiger partial charge on any atom is 0.0698 e. The number of ether oxygens (including phenoxy) is 1. The smallest absolute Gasteiger partial charge is 0.0698 e. The lowest BCUT2D eigenvalue weighted by Gasteiger charge is -2.39. The van der Waals surface area contributed by atoms with Crippen molar-refractivity contribution in [2.75, 3.05) is 39.5 Å². The van der Waals surface area contributed by atoms with Gasteiger partial charge in [-0.1, -0.05) is 12.8 Å². The Morgan fingerprint density at radius 3 is 2.31 bits per heavy atom. The maximum atomic E-state index is 8.60. The Morgan fingerprint density at radius 2 is 1.69 bits per heavy atom. The fourth-order valence-corrected chi connectivity index (χ4v) is 3.24. The lowest BCUT2D eigenvalue weighted by molar-refractivity contribution is 0.0504. The number of rotatable bonds is 5. The van der Waals surface area contributed by atoms with Gasteiger partial charge in [0.25, 0.3) is 0 Å². The van der Waals surface area contributed by atoms with Crippen molar-refractivity contribution in [2.45, 2.75) is 38.5 Å². The average molecular weight is 227 g/mol. The highest BCUT2D eigenvalue weighted by Gasteiger charge is 2.36. The standard InChI is InChI=1S/C13H25NO2/c15-10-12-16-11-9-14-7-5-13(6-8-14)3-1-2-4-13/h15H,1-12H2. The molecule has 0 aromatic carbocycles. The van der Waals surface area contributed by atoms with Gasteiger partial charge in [0.1, 0.15) is 0 Å². The van der Waals surface area contributed by atoms with Gasteiger partial charge in [0.2, 0.25) is 0 Å². The SMILES string of the molecule is OCCOCCN1CCC2(CCCC2)CC1. The Balaban J connectivity index is 1.61. The van der Waals surface area contributed by atoms with E-state index in [1.54, 1.807) is 0 Å². The van der Waals surface area contributed by atoms with Crippen molar-refractivity contribution in [3.63, 3.8) is 0 Å². The van der Waals surface area contributed by atoms with E-state index in [0.717, 1.165) is 18.6 Å². The van der Waals surface area contributed by atoms with Crippen molar-refractivity contribution >= 4 is 0 Å². The summed E-state index contributed by atoms with van der Waals surface area (Å²) in [5, 5.41) is 8.60. The molecule has 1 aliphatic heterocycles. The largest absolute Gasteiger partial charge is 0.394 e. The first kappa shape index (κ1) is 12.3. The molecule has 2 aliphatic rings. The van der Waals surface area contributed by atoms with E-state index in [1.807, 2.05) is 0 Å². The number of piperidine rings is 1. The van der Waals surface area contributed by atoms with Gasteiger partial charge in [-0.2, -0.15) is 0 Å². The lowest BCUT2D eigenvalue weighted by Crippen LogP contribution is -2.40. The molecule has 3 heteroatoms. The minimum absolute atomic E-state index is 0.142. The molecule has 1 aliphatic carbocycles. The molecule has 1 spiro atoms. The van der Waals surface area contributed by atoms with Crippen LogP contribution in [0.5, 0.6) is 0 Å². The second-order valence-corrected chi connectivity index (χ2v) is 5.38. The van der Waals surface area contributed by atoms with Crippen molar-refractivity contribution in [1.82, 2.24) is 4.90 Å². The third-order valence-corrected chi connectivity index (χ3v) is 4.37. The molecule has 1 N–H and O–H groups in total. The van der Waals surface area contributed by atoms with Crippen LogP contribution in [0.15, 0.2) is 0 Å². The fraction of sp³-hybridized carbons (Fsp3) is 1.00. The second kappa shape index (κ2) is 5.99. The van der Waals surface area contributed by atoms with Gasteiger partial charge in [-0.15, -0.1) is 0 Å². The third kappa shape index (κ3) is 3.19. The van der Waals surface area contributed by atoms with Crippen LogP contribution in [0.1, 0.15) is 38.5 Å². The molecule has 1 saturated heterocycles. The zero-order chi connectivity index (χ0) is 11.3. The highest BCUT2D eigenvalue weighted by molar-refractivity contribution is 4.89. The molecule has 0 aromatic rings. The first-order valence-electron chi connectivity index (χ1n) is 6.76. The molecular formula is C13H25NO2. The number of aliphatic hydroxyl groups is 1. The van der Waals surface area contributed by atoms with Crippen LogP contribution in [0.4, 0.5) is 0 Å². The van der Waals surface area contributed by atoms with E-state index in [1.165, 1.54) is 51.6 Å². The van der Waals surface area contributed by atoms with E-state index in [0.29, 0.717) is 6.61 Å². The molecule has 0 unspecified atom stereocenters. The van der Waals surface area contributed by atoms with Crippen LogP contribution >= 0.6 is 0 Å². The first-order chi connectivity index (χ1) is 7.85. The molecule has 16 heavy (non-hydrogen) atoms. The van der Waals surface area contributed by atoms with Crippen molar-refractivity contribution in [3.05, 3.63) is 0 Å². The third-order valence-electron chi connectivity index (χ3n) is 4.37. The number of likely N-dealkylation sites (tertiary alicyclic amines) is 1. The molecule has 1 heterocycles. The predicted octanol–water partition coefficient (Wildman–Crippen LogP) is 1.65. The zero-order valence-corrected chi connectivity index (χ0v) is 10.3. The summed E-state index contributed by atoms with van der Waals surface area (Å²) in [4.78, 5) is 2.51. The Labute approximate surface area is 98.8 Å². The van der Waals surface area contributed by atoms with E-state index < -0.39 is 0 Å². The van der Waals surface area contributed by atoms with Crippen molar-refractivity contribution in [1.29, 1.82) is 0 Å². The van der Waals surface area contributed by atoms with Gasteiger partial charge >= 0.3 is 0 Å². The summed E-state index contributed by atoms with van der Waals surface area (Å²) >= 11 is 0. The monoisotopic (exact) mass is 227 g/mol. The molecule has 0 atom stereocenters. The first-order valence-corrected chi connectivity index (χ1v) is 6.76. The molecule has 0 bridgehead atoms. The lowest BCUT2D eigenvalue weighted by atomic mass is 9.77. The summed E-state index contributed by atoms with van der Waals surface area (Å²) in [6.45, 7) is 4.94. The van der Waals surface area contributed by atoms with Crippen molar-refractivity contribution < 1.29 is 9.84 Å². The van der Waals surface area contributed by atoms with Gasteiger partial charge in [0, 0.05) is 6.54 Å². The minimum atomic E-state index is 0.142. The summed E-state index contributed by atoms with van der Waals surface area (Å²) in [6.07, 6.45) is 8.66. The van der Waals surface area contributed by atoms with Gasteiger partial charge in [0.05, 0.1) is 19.8 Å². The van der Waals surface area contributed by atoms with Crippen LogP contribution in [-0.2, 0) is 4.74 Å². The number of aliphatic hydroxyl groups excluding tert-OH is 1. The Morgan fingerprint density at radius 1 is 1.00 bits per heavy atom. The molecule has 94 valence electrons. The molecule has 0 aromatic heterocycles. The molecule has 2 fully saturated rings. The number of hydrogen-bond acceptors (Lipinski definition) is 3. The van der Waals surface area contributed by atoms with Gasteiger partial charge in [-0.3, -0.25) is 0 Å². The normalized spacial score (nSPS) is 25.3. The van der Waals surface area contributed by atoms with E-state index in [4.69, 9.17) is 9.84 Å². The fourth-order valence-electron chi connectivity index (χ4n) is 3.24. The predicted molar refractivity (Wildman–Crippen MR) is 64.5 cm³/mol.